The summed E-state index contributed by atoms with van der Waals surface area (Å²) in [5.41, 5.74) is 0. The zero-order chi connectivity index (χ0) is 18.4. The van der Waals surface area contributed by atoms with Crippen molar-refractivity contribution in [2.24, 2.45) is 0 Å². The Morgan fingerprint density at radius 3 is 1.26 bits per heavy atom. The van der Waals surface area contributed by atoms with Gasteiger partial charge in [0.15, 0.2) is 0 Å². The van der Waals surface area contributed by atoms with Gasteiger partial charge in [-0.1, -0.05) is 68.4 Å². The van der Waals surface area contributed by atoms with Crippen molar-refractivity contribution in [1.82, 2.24) is 5.32 Å². The first-order valence-corrected chi connectivity index (χ1v) is 11.4. The van der Waals surface area contributed by atoms with Crippen LogP contribution in [-0.4, -0.2) is 18.2 Å². The van der Waals surface area contributed by atoms with Gasteiger partial charge in [-0.25, -0.2) is 0 Å². The summed E-state index contributed by atoms with van der Waals surface area (Å²) >= 11 is 0. The molecule has 142 valence electrons. The van der Waals surface area contributed by atoms with Gasteiger partial charge in [0, 0.05) is 12.1 Å². The van der Waals surface area contributed by atoms with Crippen LogP contribution in [0.1, 0.15) is 20.8 Å². The van der Waals surface area contributed by atoms with Crippen LogP contribution < -0.4 is 38.2 Å². The monoisotopic (exact) mass is 441 g/mol. The Hall–Kier alpha value is -1.47. The van der Waals surface area contributed by atoms with Crippen LogP contribution >= 0.6 is 7.26 Å². The first kappa shape index (κ1) is 21.8. The lowest BCUT2D eigenvalue weighted by Gasteiger charge is -2.31. The van der Waals surface area contributed by atoms with Gasteiger partial charge in [0.05, 0.1) is 6.16 Å². The zero-order valence-electron chi connectivity index (χ0n) is 16.3. The van der Waals surface area contributed by atoms with Crippen molar-refractivity contribution in [3.05, 3.63) is 91.0 Å². The summed E-state index contributed by atoms with van der Waals surface area (Å²) in [6.45, 7) is 6.78. The lowest BCUT2D eigenvalue weighted by molar-refractivity contribution is -0.00000565. The number of benzene rings is 3. The fourth-order valence-electron chi connectivity index (χ4n) is 3.84. The highest BCUT2D eigenvalue weighted by atomic mass is 79.9. The molecule has 3 heteroatoms. The minimum absolute atomic E-state index is 0. The van der Waals surface area contributed by atoms with Gasteiger partial charge < -0.3 is 22.3 Å². The van der Waals surface area contributed by atoms with E-state index in [4.69, 9.17) is 0 Å². The van der Waals surface area contributed by atoms with Gasteiger partial charge in [-0.05, 0) is 43.3 Å². The Bertz CT molecular complexity index is 694. The number of hydrogen-bond donors (Lipinski definition) is 1. The van der Waals surface area contributed by atoms with E-state index >= 15 is 0 Å². The fraction of sp³-hybridized carbons (Fsp3) is 0.250. The van der Waals surface area contributed by atoms with E-state index in [1.54, 1.807) is 0 Å². The molecule has 27 heavy (non-hydrogen) atoms. The molecule has 1 atom stereocenters. The predicted octanol–water partition coefficient (Wildman–Crippen LogP) is 1.37. The van der Waals surface area contributed by atoms with Crippen molar-refractivity contribution in [3.63, 3.8) is 0 Å². The minimum atomic E-state index is -1.73. The highest BCUT2D eigenvalue weighted by Crippen LogP contribution is 2.55. The van der Waals surface area contributed by atoms with Crippen molar-refractivity contribution in [1.29, 1.82) is 0 Å². The van der Waals surface area contributed by atoms with Crippen LogP contribution in [0.2, 0.25) is 0 Å². The molecule has 3 aromatic rings. The maximum atomic E-state index is 3.74. The Morgan fingerprint density at radius 1 is 0.630 bits per heavy atom. The van der Waals surface area contributed by atoms with E-state index in [0.717, 1.165) is 6.16 Å². The lowest BCUT2D eigenvalue weighted by Crippen LogP contribution is -3.00. The normalized spacial score (nSPS) is 12.4. The van der Waals surface area contributed by atoms with Crippen LogP contribution in [0.4, 0.5) is 0 Å². The van der Waals surface area contributed by atoms with E-state index in [-0.39, 0.29) is 17.0 Å². The molecule has 0 aromatic heterocycles. The second kappa shape index (κ2) is 10.2. The molecule has 1 unspecified atom stereocenters. The number of rotatable bonds is 7. The van der Waals surface area contributed by atoms with E-state index in [1.807, 2.05) is 0 Å². The van der Waals surface area contributed by atoms with E-state index in [9.17, 15) is 0 Å². The molecule has 0 radical (unpaired) electrons. The predicted molar refractivity (Wildman–Crippen MR) is 118 cm³/mol. The maximum Gasteiger partial charge on any atom is 0.113 e. The number of halogens is 1. The molecule has 0 fully saturated rings. The molecule has 0 aliphatic heterocycles. The Balaban J connectivity index is 0.00000261. The highest BCUT2D eigenvalue weighted by Gasteiger charge is 2.46. The van der Waals surface area contributed by atoms with Crippen molar-refractivity contribution in [3.8, 4) is 0 Å². The topological polar surface area (TPSA) is 12.0 Å². The van der Waals surface area contributed by atoms with Crippen molar-refractivity contribution < 1.29 is 17.0 Å². The lowest BCUT2D eigenvalue weighted by atomic mass is 10.3. The Morgan fingerprint density at radius 2 is 0.963 bits per heavy atom. The summed E-state index contributed by atoms with van der Waals surface area (Å²) < 4.78 is 0. The van der Waals surface area contributed by atoms with Crippen molar-refractivity contribution in [2.45, 2.75) is 32.9 Å². The molecule has 1 nitrogen and oxygen atoms in total. The molecular formula is C24H29BrNP. The van der Waals surface area contributed by atoms with Crippen LogP contribution in [0.5, 0.6) is 0 Å². The highest BCUT2D eigenvalue weighted by molar-refractivity contribution is 7.95. The average molecular weight is 442 g/mol. The van der Waals surface area contributed by atoms with Crippen LogP contribution in [0.15, 0.2) is 91.0 Å². The maximum absolute atomic E-state index is 3.74. The molecule has 0 aliphatic rings. The molecule has 0 spiro atoms. The molecule has 3 aromatic carbocycles. The quantitative estimate of drug-likeness (QED) is 0.546. The first-order chi connectivity index (χ1) is 12.6. The molecule has 0 saturated heterocycles. The van der Waals surface area contributed by atoms with E-state index < -0.39 is 7.26 Å². The summed E-state index contributed by atoms with van der Waals surface area (Å²) in [6, 6.07) is 34.2. The molecule has 1 N–H and O–H groups in total. The third-order valence-corrected chi connectivity index (χ3v) is 9.39. The summed E-state index contributed by atoms with van der Waals surface area (Å²) in [4.78, 5) is 0. The van der Waals surface area contributed by atoms with E-state index in [0.29, 0.717) is 12.1 Å². The third-order valence-electron chi connectivity index (χ3n) is 4.76. The zero-order valence-corrected chi connectivity index (χ0v) is 18.8. The second-order valence-corrected chi connectivity index (χ2v) is 10.8. The van der Waals surface area contributed by atoms with Crippen molar-refractivity contribution >= 4 is 23.2 Å². The molecule has 0 aliphatic carbocycles. The second-order valence-electron chi connectivity index (χ2n) is 7.22. The first-order valence-electron chi connectivity index (χ1n) is 9.44. The fourth-order valence-corrected chi connectivity index (χ4v) is 8.34. The van der Waals surface area contributed by atoms with Gasteiger partial charge >= 0.3 is 0 Å². The van der Waals surface area contributed by atoms with Gasteiger partial charge in [0.25, 0.3) is 0 Å². The minimum Gasteiger partial charge on any atom is -1.00 e. The average Bonchev–Trinajstić information content (AvgIpc) is 2.67. The van der Waals surface area contributed by atoms with E-state index in [2.05, 4.69) is 117 Å². The molecule has 0 heterocycles. The third kappa shape index (κ3) is 5.08. The molecular weight excluding hydrogens is 413 g/mol. The SMILES string of the molecule is CC(C)NC(C)C[P+](c1ccccc1)(c1ccccc1)c1ccccc1.[Br-]. The van der Waals surface area contributed by atoms with Crippen LogP contribution in [0.25, 0.3) is 0 Å². The van der Waals surface area contributed by atoms with Gasteiger partial charge in [-0.2, -0.15) is 0 Å². The standard InChI is InChI=1S/C24H29NP.BrH/c1-20(2)25-21(3)19-26(22-13-7-4-8-14-22,23-15-9-5-10-16-23)24-17-11-6-12-18-24;/h4-18,20-21,25H,19H2,1-3H3;1H/q+1;/p-1. The molecule has 0 bridgehead atoms. The van der Waals surface area contributed by atoms with Gasteiger partial charge in [-0.15, -0.1) is 0 Å². The number of hydrogen-bond acceptors (Lipinski definition) is 1. The molecule has 0 saturated carbocycles. The van der Waals surface area contributed by atoms with Gasteiger partial charge in [0.1, 0.15) is 23.2 Å². The van der Waals surface area contributed by atoms with Crippen LogP contribution in [0.3, 0.4) is 0 Å². The summed E-state index contributed by atoms with van der Waals surface area (Å²) in [5.74, 6) is 0. The summed E-state index contributed by atoms with van der Waals surface area (Å²) in [7, 11) is -1.73. The smallest absolute Gasteiger partial charge is 0.113 e. The number of nitrogens with one attached hydrogen (secondary N) is 1. The van der Waals surface area contributed by atoms with Crippen LogP contribution in [0, 0.1) is 0 Å². The molecule has 0 amide bonds. The molecule has 3 rings (SSSR count). The van der Waals surface area contributed by atoms with Gasteiger partial charge in [0.2, 0.25) is 0 Å². The van der Waals surface area contributed by atoms with Crippen LogP contribution in [-0.2, 0) is 0 Å². The van der Waals surface area contributed by atoms with E-state index in [1.165, 1.54) is 15.9 Å². The Labute approximate surface area is 175 Å². The Kier molecular flexibility index (Phi) is 8.23. The largest absolute Gasteiger partial charge is 1.00 e. The van der Waals surface area contributed by atoms with Gasteiger partial charge in [-0.3, -0.25) is 0 Å². The summed E-state index contributed by atoms with van der Waals surface area (Å²) in [5, 5.41) is 8.10. The summed E-state index contributed by atoms with van der Waals surface area (Å²) in [6.07, 6.45) is 1.11. The van der Waals surface area contributed by atoms with Crippen molar-refractivity contribution in [2.75, 3.05) is 6.16 Å².